The second-order valence-corrected chi connectivity index (χ2v) is 4.31. The van der Waals surface area contributed by atoms with Gasteiger partial charge in [0.1, 0.15) is 0 Å². The molecule has 0 atom stereocenters. The number of hydrogen-bond acceptors (Lipinski definition) is 3. The van der Waals surface area contributed by atoms with Gasteiger partial charge in [0.15, 0.2) is 5.78 Å². The highest BCUT2D eigenvalue weighted by atomic mass is 35.5. The monoisotopic (exact) mass is 258 g/mol. The molecule has 0 amide bonds. The van der Waals surface area contributed by atoms with Crippen molar-refractivity contribution >= 4 is 35.1 Å². The quantitative estimate of drug-likeness (QED) is 0.501. The molecule has 1 rings (SSSR count). The minimum Gasteiger partial charge on any atom is -0.478 e. The van der Waals surface area contributed by atoms with E-state index in [0.29, 0.717) is 5.56 Å². The first-order chi connectivity index (χ1) is 7.60. The molecular formula is C11H11ClO3S. The molecule has 1 N–H and O–H groups in total. The first-order valence-electron chi connectivity index (χ1n) is 4.60. The molecule has 0 spiro atoms. The van der Waals surface area contributed by atoms with Crippen molar-refractivity contribution in [3.05, 3.63) is 29.3 Å². The van der Waals surface area contributed by atoms with E-state index in [1.165, 1.54) is 23.9 Å². The summed E-state index contributed by atoms with van der Waals surface area (Å²) in [4.78, 5) is 23.3. The molecule has 0 heterocycles. The van der Waals surface area contributed by atoms with Crippen LogP contribution in [-0.2, 0) is 0 Å². The summed E-state index contributed by atoms with van der Waals surface area (Å²) in [6.45, 7) is 0. The summed E-state index contributed by atoms with van der Waals surface area (Å²) in [5, 5.41) is 8.84. The number of carbonyl (C=O) groups is 2. The summed E-state index contributed by atoms with van der Waals surface area (Å²) in [5.74, 6) is -0.917. The number of carboxylic acid groups (broad SMARTS) is 1. The third-order valence-corrected chi connectivity index (χ3v) is 3.05. The average molecular weight is 259 g/mol. The van der Waals surface area contributed by atoms with E-state index in [1.54, 1.807) is 6.07 Å². The topological polar surface area (TPSA) is 54.4 Å². The molecule has 0 aliphatic carbocycles. The Balaban J connectivity index is 3.16. The van der Waals surface area contributed by atoms with Crippen molar-refractivity contribution in [2.24, 2.45) is 0 Å². The Hall–Kier alpha value is -1.000. The van der Waals surface area contributed by atoms with E-state index >= 15 is 0 Å². The van der Waals surface area contributed by atoms with Crippen molar-refractivity contribution in [3.63, 3.8) is 0 Å². The lowest BCUT2D eigenvalue weighted by Gasteiger charge is -2.06. The third-order valence-electron chi connectivity index (χ3n) is 2.07. The van der Waals surface area contributed by atoms with Crippen LogP contribution < -0.4 is 0 Å². The first-order valence-corrected chi connectivity index (χ1v) is 6.36. The molecule has 0 saturated heterocycles. The summed E-state index contributed by atoms with van der Waals surface area (Å²) in [6, 6.07) is 4.55. The number of rotatable bonds is 5. The molecule has 0 fully saturated rings. The molecule has 0 saturated carbocycles. The van der Waals surface area contributed by atoms with Crippen molar-refractivity contribution in [2.45, 2.75) is 11.3 Å². The maximum Gasteiger partial charge on any atom is 0.335 e. The van der Waals surface area contributed by atoms with Gasteiger partial charge in [-0.25, -0.2) is 4.79 Å². The van der Waals surface area contributed by atoms with Gasteiger partial charge in [-0.05, 0) is 24.5 Å². The van der Waals surface area contributed by atoms with Gasteiger partial charge >= 0.3 is 5.97 Å². The van der Waals surface area contributed by atoms with E-state index < -0.39 is 5.97 Å². The molecule has 0 aromatic heterocycles. The van der Waals surface area contributed by atoms with Gasteiger partial charge in [0.25, 0.3) is 0 Å². The number of thioether (sulfide) groups is 1. The lowest BCUT2D eigenvalue weighted by atomic mass is 10.1. The van der Waals surface area contributed by atoms with E-state index in [-0.39, 0.29) is 23.6 Å². The van der Waals surface area contributed by atoms with E-state index in [0.717, 1.165) is 4.90 Å². The second kappa shape index (κ2) is 5.92. The first kappa shape index (κ1) is 13.1. The van der Waals surface area contributed by atoms with Crippen LogP contribution in [0.2, 0.25) is 0 Å². The summed E-state index contributed by atoms with van der Waals surface area (Å²) in [7, 11) is 0. The van der Waals surface area contributed by atoms with Crippen LogP contribution in [0, 0.1) is 0 Å². The Kier molecular flexibility index (Phi) is 4.83. The molecule has 0 aliphatic rings. The van der Waals surface area contributed by atoms with Crippen molar-refractivity contribution < 1.29 is 14.7 Å². The normalized spacial score (nSPS) is 10.1. The number of hydrogen-bond donors (Lipinski definition) is 1. The van der Waals surface area contributed by atoms with Gasteiger partial charge in [-0.2, -0.15) is 0 Å². The molecule has 1 aromatic carbocycles. The summed E-state index contributed by atoms with van der Waals surface area (Å²) >= 11 is 6.91. The minimum atomic E-state index is -1.03. The zero-order valence-electron chi connectivity index (χ0n) is 8.70. The van der Waals surface area contributed by atoms with Crippen LogP contribution in [0.5, 0.6) is 0 Å². The highest BCUT2D eigenvalue weighted by molar-refractivity contribution is 7.98. The predicted molar refractivity (Wildman–Crippen MR) is 64.8 cm³/mol. The predicted octanol–water partition coefficient (Wildman–Crippen LogP) is 2.92. The molecule has 0 radical (unpaired) electrons. The van der Waals surface area contributed by atoms with Crippen LogP contribution in [-0.4, -0.2) is 29.0 Å². The Morgan fingerprint density at radius 3 is 2.62 bits per heavy atom. The van der Waals surface area contributed by atoms with Crippen LogP contribution >= 0.6 is 23.4 Å². The van der Waals surface area contributed by atoms with Crippen LogP contribution in [0.15, 0.2) is 23.1 Å². The standard InChI is InChI=1S/C11H11ClO3S/c1-16-10-3-2-7(11(14)15)6-8(10)9(13)4-5-12/h2-3,6H,4-5H2,1H3,(H,14,15). The number of ketones is 1. The number of aromatic carboxylic acids is 1. The lowest BCUT2D eigenvalue weighted by Crippen LogP contribution is -2.05. The van der Waals surface area contributed by atoms with Gasteiger partial charge in [0, 0.05) is 22.8 Å². The Labute approximate surface area is 103 Å². The Morgan fingerprint density at radius 1 is 1.44 bits per heavy atom. The van der Waals surface area contributed by atoms with Crippen LogP contribution in [0.3, 0.4) is 0 Å². The number of benzene rings is 1. The molecule has 0 unspecified atom stereocenters. The fourth-order valence-electron chi connectivity index (χ4n) is 1.28. The van der Waals surface area contributed by atoms with Crippen molar-refractivity contribution in [3.8, 4) is 0 Å². The van der Waals surface area contributed by atoms with Gasteiger partial charge in [-0.15, -0.1) is 23.4 Å². The van der Waals surface area contributed by atoms with Gasteiger partial charge in [-0.1, -0.05) is 0 Å². The van der Waals surface area contributed by atoms with E-state index in [9.17, 15) is 9.59 Å². The van der Waals surface area contributed by atoms with Crippen molar-refractivity contribution in [2.75, 3.05) is 12.1 Å². The Morgan fingerprint density at radius 2 is 2.12 bits per heavy atom. The van der Waals surface area contributed by atoms with Gasteiger partial charge in [-0.3, -0.25) is 4.79 Å². The van der Waals surface area contributed by atoms with Gasteiger partial charge in [0.05, 0.1) is 5.56 Å². The lowest BCUT2D eigenvalue weighted by molar-refractivity contribution is 0.0697. The SMILES string of the molecule is CSc1ccc(C(=O)O)cc1C(=O)CCCl. The number of carbonyl (C=O) groups excluding carboxylic acids is 1. The van der Waals surface area contributed by atoms with E-state index in [2.05, 4.69) is 0 Å². The fourth-order valence-corrected chi connectivity index (χ4v) is 2.05. The number of halogens is 1. The molecule has 1 aromatic rings. The summed E-state index contributed by atoms with van der Waals surface area (Å²) < 4.78 is 0. The third kappa shape index (κ3) is 3.00. The zero-order valence-corrected chi connectivity index (χ0v) is 10.3. The maximum atomic E-state index is 11.7. The van der Waals surface area contributed by atoms with Gasteiger partial charge in [0.2, 0.25) is 0 Å². The van der Waals surface area contributed by atoms with E-state index in [4.69, 9.17) is 16.7 Å². The van der Waals surface area contributed by atoms with Crippen molar-refractivity contribution in [1.29, 1.82) is 0 Å². The molecule has 86 valence electrons. The van der Waals surface area contributed by atoms with Crippen LogP contribution in [0.25, 0.3) is 0 Å². The van der Waals surface area contributed by atoms with Crippen LogP contribution in [0.1, 0.15) is 27.1 Å². The average Bonchev–Trinajstić information content (AvgIpc) is 2.28. The molecule has 0 aliphatic heterocycles. The molecule has 16 heavy (non-hydrogen) atoms. The molecule has 5 heteroatoms. The largest absolute Gasteiger partial charge is 0.478 e. The number of carboxylic acids is 1. The maximum absolute atomic E-state index is 11.7. The molecule has 0 bridgehead atoms. The molecule has 3 nitrogen and oxygen atoms in total. The number of Topliss-reactive ketones (excluding diaryl/α,β-unsaturated/α-hetero) is 1. The van der Waals surface area contributed by atoms with Gasteiger partial charge < -0.3 is 5.11 Å². The zero-order chi connectivity index (χ0) is 12.1. The smallest absolute Gasteiger partial charge is 0.335 e. The summed E-state index contributed by atoms with van der Waals surface area (Å²) in [5.41, 5.74) is 0.559. The minimum absolute atomic E-state index is 0.121. The van der Waals surface area contributed by atoms with E-state index in [1.807, 2.05) is 6.26 Å². The van der Waals surface area contributed by atoms with Crippen LogP contribution in [0.4, 0.5) is 0 Å². The summed E-state index contributed by atoms with van der Waals surface area (Å²) in [6.07, 6.45) is 2.06. The highest BCUT2D eigenvalue weighted by Crippen LogP contribution is 2.23. The second-order valence-electron chi connectivity index (χ2n) is 3.08. The van der Waals surface area contributed by atoms with Crippen molar-refractivity contribution in [1.82, 2.24) is 0 Å². The number of alkyl halides is 1. The fraction of sp³-hybridized carbons (Fsp3) is 0.273. The Bertz CT molecular complexity index is 418. The highest BCUT2D eigenvalue weighted by Gasteiger charge is 2.13. The molecular weight excluding hydrogens is 248 g/mol.